The first kappa shape index (κ1) is 14.9. The fraction of sp³-hybridized carbons (Fsp3) is 0.353. The van der Waals surface area contributed by atoms with Crippen LogP contribution in [-0.2, 0) is 6.42 Å². The summed E-state index contributed by atoms with van der Waals surface area (Å²) in [5.41, 5.74) is 4.68. The van der Waals surface area contributed by atoms with E-state index >= 15 is 0 Å². The Morgan fingerprint density at radius 3 is 2.45 bits per heavy atom. The monoisotopic (exact) mass is 288 g/mol. The third-order valence-corrected chi connectivity index (χ3v) is 3.95. The van der Waals surface area contributed by atoms with Crippen molar-refractivity contribution >= 4 is 17.3 Å². The van der Waals surface area contributed by atoms with Crippen LogP contribution < -0.4 is 5.32 Å². The van der Waals surface area contributed by atoms with Crippen LogP contribution in [0.3, 0.4) is 0 Å². The Balaban J connectivity index is 2.16. The van der Waals surface area contributed by atoms with Crippen LogP contribution in [0.4, 0.5) is 5.69 Å². The first-order valence-electron chi connectivity index (χ1n) is 7.11. The van der Waals surface area contributed by atoms with E-state index < -0.39 is 0 Å². The topological polar surface area (TPSA) is 24.9 Å². The average molecular weight is 289 g/mol. The molecular weight excluding hydrogens is 268 g/mol. The lowest BCUT2D eigenvalue weighted by molar-refractivity contribution is 0.748. The molecule has 20 heavy (non-hydrogen) atoms. The highest BCUT2D eigenvalue weighted by atomic mass is 35.5. The summed E-state index contributed by atoms with van der Waals surface area (Å²) in [7, 11) is 0. The lowest BCUT2D eigenvalue weighted by atomic mass is 10.0. The highest BCUT2D eigenvalue weighted by molar-refractivity contribution is 6.30. The maximum Gasteiger partial charge on any atom is 0.132 e. The van der Waals surface area contributed by atoms with Crippen LogP contribution in [0.25, 0.3) is 0 Å². The molecule has 0 aliphatic rings. The molecule has 2 aromatic rings. The molecule has 3 heteroatoms. The van der Waals surface area contributed by atoms with Gasteiger partial charge in [-0.3, -0.25) is 0 Å². The molecule has 0 aliphatic carbocycles. The Labute approximate surface area is 126 Å². The minimum Gasteiger partial charge on any atom is -0.377 e. The minimum atomic E-state index is 0.295. The number of aryl methyl sites for hydroxylation is 2. The number of halogens is 1. The molecule has 1 unspecified atom stereocenters. The Kier molecular flexibility index (Phi) is 5.02. The van der Waals surface area contributed by atoms with Crippen molar-refractivity contribution in [3.8, 4) is 0 Å². The van der Waals surface area contributed by atoms with E-state index in [1.54, 1.807) is 6.20 Å². The van der Waals surface area contributed by atoms with E-state index in [4.69, 9.17) is 11.6 Å². The van der Waals surface area contributed by atoms with Gasteiger partial charge in [0.2, 0.25) is 0 Å². The number of nitrogens with zero attached hydrogens (tertiary/aromatic N) is 1. The Hall–Kier alpha value is -1.54. The summed E-state index contributed by atoms with van der Waals surface area (Å²) in [4.78, 5) is 4.19. The third kappa shape index (κ3) is 3.51. The molecule has 0 saturated heterocycles. The van der Waals surface area contributed by atoms with E-state index in [9.17, 15) is 0 Å². The van der Waals surface area contributed by atoms with E-state index in [0.29, 0.717) is 11.2 Å². The molecule has 0 aliphatic heterocycles. The van der Waals surface area contributed by atoms with Gasteiger partial charge in [0.05, 0.1) is 17.9 Å². The predicted octanol–water partition coefficient (Wildman–Crippen LogP) is 5.17. The summed E-state index contributed by atoms with van der Waals surface area (Å²) in [5, 5.41) is 4.09. The van der Waals surface area contributed by atoms with E-state index in [-0.39, 0.29) is 0 Å². The van der Waals surface area contributed by atoms with Crippen LogP contribution in [0.1, 0.15) is 43.0 Å². The zero-order valence-corrected chi connectivity index (χ0v) is 13.0. The molecule has 0 saturated carbocycles. The van der Waals surface area contributed by atoms with Crippen LogP contribution in [0, 0.1) is 6.92 Å². The van der Waals surface area contributed by atoms with Crippen LogP contribution in [0.5, 0.6) is 0 Å². The molecule has 0 radical (unpaired) electrons. The molecule has 106 valence electrons. The summed E-state index contributed by atoms with van der Waals surface area (Å²) in [6.45, 7) is 6.33. The number of pyridine rings is 1. The zero-order valence-electron chi connectivity index (χ0n) is 12.3. The summed E-state index contributed by atoms with van der Waals surface area (Å²) >= 11 is 5.96. The number of nitrogens with one attached hydrogen (secondary N) is 1. The van der Waals surface area contributed by atoms with Gasteiger partial charge in [-0.1, -0.05) is 49.7 Å². The molecule has 0 fully saturated rings. The van der Waals surface area contributed by atoms with E-state index in [1.807, 2.05) is 13.0 Å². The molecule has 1 aromatic carbocycles. The molecule has 1 aromatic heterocycles. The van der Waals surface area contributed by atoms with Gasteiger partial charge in [0, 0.05) is 0 Å². The smallest absolute Gasteiger partial charge is 0.132 e. The summed E-state index contributed by atoms with van der Waals surface area (Å²) in [6.07, 6.45) is 3.89. The van der Waals surface area contributed by atoms with Crippen LogP contribution >= 0.6 is 11.6 Å². The van der Waals surface area contributed by atoms with Crippen LogP contribution in [0.15, 0.2) is 36.5 Å². The zero-order chi connectivity index (χ0) is 14.5. The van der Waals surface area contributed by atoms with E-state index in [0.717, 1.165) is 24.1 Å². The first-order valence-corrected chi connectivity index (χ1v) is 7.49. The molecule has 1 N–H and O–H groups in total. The second-order valence-corrected chi connectivity index (χ2v) is 5.39. The number of anilines is 1. The lowest BCUT2D eigenvalue weighted by Crippen LogP contribution is -2.10. The number of rotatable bonds is 5. The molecule has 1 heterocycles. The van der Waals surface area contributed by atoms with Crippen LogP contribution in [-0.4, -0.2) is 4.98 Å². The van der Waals surface area contributed by atoms with Crippen molar-refractivity contribution in [3.63, 3.8) is 0 Å². The lowest BCUT2D eigenvalue weighted by Gasteiger charge is -2.19. The van der Waals surface area contributed by atoms with Gasteiger partial charge in [0.1, 0.15) is 5.15 Å². The number of aromatic nitrogens is 1. The highest BCUT2D eigenvalue weighted by Gasteiger charge is 2.10. The summed E-state index contributed by atoms with van der Waals surface area (Å²) in [5.74, 6) is 0. The maximum absolute atomic E-state index is 5.96. The Morgan fingerprint density at radius 2 is 1.90 bits per heavy atom. The fourth-order valence-corrected chi connectivity index (χ4v) is 2.35. The molecular formula is C17H21ClN2. The van der Waals surface area contributed by atoms with Gasteiger partial charge in [0.15, 0.2) is 0 Å². The van der Waals surface area contributed by atoms with Gasteiger partial charge in [-0.25, -0.2) is 4.98 Å². The molecule has 0 bridgehead atoms. The maximum atomic E-state index is 5.96. The summed E-state index contributed by atoms with van der Waals surface area (Å²) in [6, 6.07) is 11.1. The Morgan fingerprint density at radius 1 is 1.20 bits per heavy atom. The van der Waals surface area contributed by atoms with Crippen molar-refractivity contribution in [3.05, 3.63) is 58.4 Å². The van der Waals surface area contributed by atoms with Crippen LogP contribution in [0.2, 0.25) is 5.15 Å². The number of hydrogen-bond acceptors (Lipinski definition) is 2. The highest BCUT2D eigenvalue weighted by Crippen LogP contribution is 2.24. The molecule has 1 atom stereocenters. The molecule has 0 spiro atoms. The molecule has 2 nitrogen and oxygen atoms in total. The number of benzene rings is 1. The summed E-state index contributed by atoms with van der Waals surface area (Å²) < 4.78 is 0. The molecule has 2 rings (SSSR count). The second-order valence-electron chi connectivity index (χ2n) is 5.03. The second kappa shape index (κ2) is 6.76. The van der Waals surface area contributed by atoms with Gasteiger partial charge >= 0.3 is 0 Å². The van der Waals surface area contributed by atoms with Gasteiger partial charge in [-0.15, -0.1) is 0 Å². The Bertz CT molecular complexity index is 564. The molecule has 0 amide bonds. The van der Waals surface area contributed by atoms with Gasteiger partial charge in [-0.2, -0.15) is 0 Å². The van der Waals surface area contributed by atoms with Gasteiger partial charge < -0.3 is 5.32 Å². The standard InChI is InChI=1S/C17H21ClN2/c1-4-13-6-8-14(9-7-13)16(5-2)20-15-10-12(3)17(18)19-11-15/h6-11,16,20H,4-5H2,1-3H3. The van der Waals surface area contributed by atoms with E-state index in [1.165, 1.54) is 11.1 Å². The number of hydrogen-bond donors (Lipinski definition) is 1. The van der Waals surface area contributed by atoms with Crippen molar-refractivity contribution in [2.45, 2.75) is 39.7 Å². The van der Waals surface area contributed by atoms with Gasteiger partial charge in [0.25, 0.3) is 0 Å². The average Bonchev–Trinajstić information content (AvgIpc) is 2.48. The SMILES string of the molecule is CCc1ccc(C(CC)Nc2cnc(Cl)c(C)c2)cc1. The first-order chi connectivity index (χ1) is 9.63. The largest absolute Gasteiger partial charge is 0.377 e. The normalized spacial score (nSPS) is 12.2. The minimum absolute atomic E-state index is 0.295. The van der Waals surface area contributed by atoms with E-state index in [2.05, 4.69) is 48.4 Å². The van der Waals surface area contributed by atoms with Gasteiger partial charge in [-0.05, 0) is 42.5 Å². The van der Waals surface area contributed by atoms with Crippen molar-refractivity contribution in [2.24, 2.45) is 0 Å². The fourth-order valence-electron chi connectivity index (χ4n) is 2.24. The quantitative estimate of drug-likeness (QED) is 0.768. The van der Waals surface area contributed by atoms with Crippen molar-refractivity contribution in [1.29, 1.82) is 0 Å². The predicted molar refractivity (Wildman–Crippen MR) is 86.5 cm³/mol. The third-order valence-electron chi connectivity index (χ3n) is 3.55. The van der Waals surface area contributed by atoms with Crippen molar-refractivity contribution < 1.29 is 0 Å². The van der Waals surface area contributed by atoms with Crippen molar-refractivity contribution in [1.82, 2.24) is 4.98 Å². The van der Waals surface area contributed by atoms with Crippen molar-refractivity contribution in [2.75, 3.05) is 5.32 Å².